The molecule has 0 heterocycles. The second-order valence-electron chi connectivity index (χ2n) is 6.63. The van der Waals surface area contributed by atoms with Crippen LogP contribution in [0.15, 0.2) is 24.3 Å². The van der Waals surface area contributed by atoms with Crippen molar-refractivity contribution in [1.82, 2.24) is 0 Å². The molecular weight excluding hydrogens is 260 g/mol. The van der Waals surface area contributed by atoms with Gasteiger partial charge in [0, 0.05) is 12.7 Å². The Labute approximate surface area is 127 Å². The van der Waals surface area contributed by atoms with Gasteiger partial charge >= 0.3 is 0 Å². The fourth-order valence-corrected chi connectivity index (χ4v) is 3.90. The first-order valence-electron chi connectivity index (χ1n) is 8.47. The lowest BCUT2D eigenvalue weighted by molar-refractivity contribution is 0.0312. The lowest BCUT2D eigenvalue weighted by Crippen LogP contribution is -2.34. The molecule has 2 saturated carbocycles. The first-order chi connectivity index (χ1) is 10.3. The van der Waals surface area contributed by atoms with E-state index in [1.54, 1.807) is 7.11 Å². The van der Waals surface area contributed by atoms with Gasteiger partial charge < -0.3 is 4.74 Å². The van der Waals surface area contributed by atoms with E-state index in [0.29, 0.717) is 11.8 Å². The number of carbonyl (C=O) groups excluding carboxylic acids is 1. The smallest absolute Gasteiger partial charge is 0.192 e. The topological polar surface area (TPSA) is 26.3 Å². The Balaban J connectivity index is 1.82. The zero-order valence-corrected chi connectivity index (χ0v) is 13.0. The van der Waals surface area contributed by atoms with Crippen molar-refractivity contribution in [2.24, 2.45) is 5.92 Å². The molecule has 2 aliphatic carbocycles. The second-order valence-corrected chi connectivity index (χ2v) is 6.63. The Morgan fingerprint density at radius 3 is 2.38 bits per heavy atom. The molecular formula is C19H26O2. The summed E-state index contributed by atoms with van der Waals surface area (Å²) in [6, 6.07) is 8.20. The lowest BCUT2D eigenvalue weighted by Gasteiger charge is -2.31. The van der Waals surface area contributed by atoms with E-state index >= 15 is 0 Å². The normalized spacial score (nSPS) is 21.8. The van der Waals surface area contributed by atoms with Crippen molar-refractivity contribution in [3.8, 4) is 0 Å². The van der Waals surface area contributed by atoms with E-state index in [1.807, 2.05) is 12.1 Å². The molecule has 114 valence electrons. The molecule has 1 atom stereocenters. The van der Waals surface area contributed by atoms with Crippen LogP contribution in [0.2, 0.25) is 0 Å². The molecule has 0 spiro atoms. The number of ketones is 1. The summed E-state index contributed by atoms with van der Waals surface area (Å²) >= 11 is 0. The van der Waals surface area contributed by atoms with Crippen LogP contribution < -0.4 is 0 Å². The van der Waals surface area contributed by atoms with Gasteiger partial charge in [-0.05, 0) is 43.1 Å². The van der Waals surface area contributed by atoms with Crippen LogP contribution in [-0.4, -0.2) is 19.0 Å². The van der Waals surface area contributed by atoms with Crippen molar-refractivity contribution in [2.45, 2.75) is 63.4 Å². The molecule has 1 aromatic rings. The SMILES string of the molecule is COC(C(=O)c1ccccc1C1CCC1)C1CCCCC1. The third-order valence-electron chi connectivity index (χ3n) is 5.36. The van der Waals surface area contributed by atoms with Crippen LogP contribution in [0.1, 0.15) is 73.2 Å². The van der Waals surface area contributed by atoms with E-state index in [2.05, 4.69) is 12.1 Å². The summed E-state index contributed by atoms with van der Waals surface area (Å²) in [5.74, 6) is 1.21. The summed E-state index contributed by atoms with van der Waals surface area (Å²) in [5, 5.41) is 0. The molecule has 0 saturated heterocycles. The largest absolute Gasteiger partial charge is 0.373 e. The van der Waals surface area contributed by atoms with E-state index in [1.165, 1.54) is 44.1 Å². The number of methoxy groups -OCH3 is 1. The van der Waals surface area contributed by atoms with Crippen molar-refractivity contribution in [3.63, 3.8) is 0 Å². The third kappa shape index (κ3) is 3.06. The standard InChI is InChI=1S/C19H26O2/c1-21-19(15-8-3-2-4-9-15)18(20)17-13-6-5-12-16(17)14-10-7-11-14/h5-6,12-15,19H,2-4,7-11H2,1H3. The molecule has 2 aliphatic rings. The Hall–Kier alpha value is -1.15. The molecule has 2 heteroatoms. The minimum atomic E-state index is -0.244. The van der Waals surface area contributed by atoms with Gasteiger partial charge in [0.15, 0.2) is 5.78 Å². The summed E-state index contributed by atoms with van der Waals surface area (Å²) in [6.07, 6.45) is 9.56. The third-order valence-corrected chi connectivity index (χ3v) is 5.36. The summed E-state index contributed by atoms with van der Waals surface area (Å²) in [6.45, 7) is 0. The number of benzene rings is 1. The number of ether oxygens (including phenoxy) is 1. The quantitative estimate of drug-likeness (QED) is 0.731. The number of carbonyl (C=O) groups is 1. The summed E-state index contributed by atoms with van der Waals surface area (Å²) < 4.78 is 5.64. The zero-order chi connectivity index (χ0) is 14.7. The number of hydrogen-bond acceptors (Lipinski definition) is 2. The average molecular weight is 286 g/mol. The van der Waals surface area contributed by atoms with Gasteiger partial charge in [0.05, 0.1) is 0 Å². The van der Waals surface area contributed by atoms with Gasteiger partial charge in [-0.25, -0.2) is 0 Å². The number of hydrogen-bond donors (Lipinski definition) is 0. The average Bonchev–Trinajstić information content (AvgIpc) is 2.48. The summed E-state index contributed by atoms with van der Waals surface area (Å²) in [7, 11) is 1.70. The lowest BCUT2D eigenvalue weighted by atomic mass is 9.76. The molecule has 0 aromatic heterocycles. The van der Waals surface area contributed by atoms with Gasteiger partial charge in [-0.2, -0.15) is 0 Å². The highest BCUT2D eigenvalue weighted by Crippen LogP contribution is 2.39. The highest BCUT2D eigenvalue weighted by molar-refractivity contribution is 6.01. The van der Waals surface area contributed by atoms with Gasteiger partial charge in [-0.3, -0.25) is 4.79 Å². The fourth-order valence-electron chi connectivity index (χ4n) is 3.90. The van der Waals surface area contributed by atoms with E-state index in [4.69, 9.17) is 4.74 Å². The summed E-state index contributed by atoms with van der Waals surface area (Å²) in [4.78, 5) is 13.0. The van der Waals surface area contributed by atoms with Crippen LogP contribution in [0.4, 0.5) is 0 Å². The van der Waals surface area contributed by atoms with Crippen LogP contribution in [-0.2, 0) is 4.74 Å². The Bertz CT molecular complexity index is 484. The van der Waals surface area contributed by atoms with Gasteiger partial charge in [0.1, 0.15) is 6.10 Å². The Morgan fingerprint density at radius 2 is 1.76 bits per heavy atom. The Kier molecular flexibility index (Phi) is 4.74. The predicted molar refractivity (Wildman–Crippen MR) is 84.7 cm³/mol. The molecule has 1 aromatic carbocycles. The molecule has 0 amide bonds. The molecule has 2 nitrogen and oxygen atoms in total. The molecule has 1 unspecified atom stereocenters. The van der Waals surface area contributed by atoms with Crippen LogP contribution in [0.3, 0.4) is 0 Å². The van der Waals surface area contributed by atoms with Crippen molar-refractivity contribution < 1.29 is 9.53 Å². The summed E-state index contributed by atoms with van der Waals surface area (Å²) in [5.41, 5.74) is 2.17. The molecule has 0 aliphatic heterocycles. The minimum absolute atomic E-state index is 0.215. The van der Waals surface area contributed by atoms with E-state index < -0.39 is 0 Å². The van der Waals surface area contributed by atoms with Crippen LogP contribution in [0.25, 0.3) is 0 Å². The van der Waals surface area contributed by atoms with Gasteiger partial charge in [-0.15, -0.1) is 0 Å². The van der Waals surface area contributed by atoms with Crippen molar-refractivity contribution in [2.75, 3.05) is 7.11 Å². The maximum absolute atomic E-state index is 13.0. The van der Waals surface area contributed by atoms with Crippen LogP contribution in [0.5, 0.6) is 0 Å². The zero-order valence-electron chi connectivity index (χ0n) is 13.0. The monoisotopic (exact) mass is 286 g/mol. The highest BCUT2D eigenvalue weighted by Gasteiger charge is 2.33. The fraction of sp³-hybridized carbons (Fsp3) is 0.632. The number of Topliss-reactive ketones (excluding diaryl/α,β-unsaturated/α-hetero) is 1. The van der Waals surface area contributed by atoms with Crippen LogP contribution >= 0.6 is 0 Å². The van der Waals surface area contributed by atoms with E-state index in [0.717, 1.165) is 18.4 Å². The van der Waals surface area contributed by atoms with Crippen molar-refractivity contribution >= 4 is 5.78 Å². The van der Waals surface area contributed by atoms with E-state index in [-0.39, 0.29) is 11.9 Å². The van der Waals surface area contributed by atoms with Crippen LogP contribution in [0, 0.1) is 5.92 Å². The van der Waals surface area contributed by atoms with Gasteiger partial charge in [0.2, 0.25) is 0 Å². The predicted octanol–water partition coefficient (Wildman–Crippen LogP) is 4.73. The highest BCUT2D eigenvalue weighted by atomic mass is 16.5. The number of rotatable bonds is 5. The first kappa shape index (κ1) is 14.8. The molecule has 0 radical (unpaired) electrons. The minimum Gasteiger partial charge on any atom is -0.373 e. The second kappa shape index (κ2) is 6.74. The maximum Gasteiger partial charge on any atom is 0.192 e. The van der Waals surface area contributed by atoms with E-state index in [9.17, 15) is 4.79 Å². The van der Waals surface area contributed by atoms with Crippen molar-refractivity contribution in [1.29, 1.82) is 0 Å². The molecule has 0 N–H and O–H groups in total. The van der Waals surface area contributed by atoms with Crippen molar-refractivity contribution in [3.05, 3.63) is 35.4 Å². The maximum atomic E-state index is 13.0. The Morgan fingerprint density at radius 1 is 1.05 bits per heavy atom. The molecule has 0 bridgehead atoms. The van der Waals surface area contributed by atoms with Gasteiger partial charge in [0.25, 0.3) is 0 Å². The molecule has 2 fully saturated rings. The molecule has 21 heavy (non-hydrogen) atoms. The first-order valence-corrected chi connectivity index (χ1v) is 8.47. The van der Waals surface area contributed by atoms with Gasteiger partial charge in [-0.1, -0.05) is 49.9 Å². The molecule has 3 rings (SSSR count).